The van der Waals surface area contributed by atoms with Gasteiger partial charge >= 0.3 is 0 Å². The molecule has 0 aliphatic heterocycles. The van der Waals surface area contributed by atoms with Crippen LogP contribution in [0.5, 0.6) is 0 Å². The quantitative estimate of drug-likeness (QED) is 0.137. The van der Waals surface area contributed by atoms with Crippen molar-refractivity contribution in [3.63, 3.8) is 0 Å². The molecule has 4 aromatic rings. The van der Waals surface area contributed by atoms with Gasteiger partial charge in [-0.25, -0.2) is 16.5 Å². The van der Waals surface area contributed by atoms with E-state index in [0.717, 1.165) is 6.42 Å². The topological polar surface area (TPSA) is 0 Å². The van der Waals surface area contributed by atoms with E-state index in [1.54, 1.807) is 0 Å². The third-order valence-corrected chi connectivity index (χ3v) is 9.82. The predicted octanol–water partition coefficient (Wildman–Crippen LogP) is 6.35. The van der Waals surface area contributed by atoms with E-state index in [-0.39, 0.29) is 29.1 Å². The Hall–Kier alpha value is -1.62. The molecule has 3 unspecified atom stereocenters. The van der Waals surface area contributed by atoms with E-state index < -0.39 is 20.8 Å². The van der Waals surface area contributed by atoms with Crippen LogP contribution in [0.4, 0.5) is 8.78 Å². The number of rotatable bonds is 9. The summed E-state index contributed by atoms with van der Waals surface area (Å²) in [6.07, 6.45) is -0.326. The Morgan fingerprint density at radius 1 is 0.848 bits per heavy atom. The molecule has 5 heteroatoms. The molecule has 0 aliphatic carbocycles. The number of benzene rings is 2. The average molecular weight is 522 g/mol. The van der Waals surface area contributed by atoms with Crippen LogP contribution >= 0.6 is 16.5 Å². The number of hydrogen-bond acceptors (Lipinski definition) is 0. The zero-order valence-electron chi connectivity index (χ0n) is 18.7. The Balaban J connectivity index is 0.000000568. The van der Waals surface area contributed by atoms with Gasteiger partial charge in [-0.05, 0) is 25.0 Å². The first-order valence-electron chi connectivity index (χ1n) is 11.0. The summed E-state index contributed by atoms with van der Waals surface area (Å²) < 4.78 is 27.0. The van der Waals surface area contributed by atoms with Gasteiger partial charge in [0, 0.05) is 29.1 Å². The van der Waals surface area contributed by atoms with Crippen molar-refractivity contribution in [1.29, 1.82) is 0 Å². The summed E-state index contributed by atoms with van der Waals surface area (Å²) in [6.45, 7) is 1.42. The van der Waals surface area contributed by atoms with Gasteiger partial charge in [-0.1, -0.05) is 67.6 Å². The van der Waals surface area contributed by atoms with E-state index in [1.165, 1.54) is 21.2 Å². The molecule has 180 valence electrons. The first kappa shape index (κ1) is 27.6. The molecule has 0 fully saturated rings. The van der Waals surface area contributed by atoms with Crippen molar-refractivity contribution >= 4 is 37.7 Å². The van der Waals surface area contributed by atoms with E-state index in [2.05, 4.69) is 66.7 Å². The molecule has 0 aromatic heterocycles. The van der Waals surface area contributed by atoms with Gasteiger partial charge in [0.1, 0.15) is 6.17 Å². The van der Waals surface area contributed by atoms with Crippen LogP contribution in [0.3, 0.4) is 0 Å². The van der Waals surface area contributed by atoms with E-state index in [9.17, 15) is 8.78 Å². The number of hydrogen-bond donors (Lipinski definition) is 0. The Bertz CT molecular complexity index is 930. The molecule has 0 nitrogen and oxygen atoms in total. The molecule has 0 N–H and O–H groups in total. The second kappa shape index (κ2) is 15.3. The Labute approximate surface area is 210 Å². The van der Waals surface area contributed by atoms with Gasteiger partial charge in [-0.3, -0.25) is 4.39 Å². The zero-order valence-corrected chi connectivity index (χ0v) is 21.7. The number of halogens is 2. The third kappa shape index (κ3) is 8.27. The molecule has 0 saturated heterocycles. The van der Waals surface area contributed by atoms with Crippen molar-refractivity contribution in [3.8, 4) is 0 Å². The van der Waals surface area contributed by atoms with Crippen molar-refractivity contribution in [2.45, 2.75) is 31.6 Å². The molecule has 0 heterocycles. The number of alkyl halides is 2. The summed E-state index contributed by atoms with van der Waals surface area (Å²) >= 11 is 0. The molecule has 0 spiro atoms. The van der Waals surface area contributed by atoms with E-state index in [4.69, 9.17) is 0 Å². The molecule has 4 rings (SSSR count). The summed E-state index contributed by atoms with van der Waals surface area (Å²) in [4.78, 5) is 0. The van der Waals surface area contributed by atoms with Crippen LogP contribution in [-0.4, -0.2) is 18.5 Å². The Morgan fingerprint density at radius 3 is 1.82 bits per heavy atom. The fraction of sp³-hybridized carbons (Fsp3) is 0.214. The normalized spacial score (nSPS) is 12.7. The third-order valence-electron chi connectivity index (χ3n) is 5.22. The minimum Gasteiger partial charge on any atom is -0.748 e. The summed E-state index contributed by atoms with van der Waals surface area (Å²) in [6, 6.07) is 37.5. The van der Waals surface area contributed by atoms with Gasteiger partial charge in [0.2, 0.25) is 0 Å². The Kier molecular flexibility index (Phi) is 12.8. The molecule has 0 bridgehead atoms. The van der Waals surface area contributed by atoms with Gasteiger partial charge in [0.15, 0.2) is 0 Å². The molecule has 0 saturated carbocycles. The monoisotopic (exact) mass is 522 g/mol. The van der Waals surface area contributed by atoms with Gasteiger partial charge in [-0.2, -0.15) is 6.07 Å². The van der Waals surface area contributed by atoms with E-state index >= 15 is 0 Å². The van der Waals surface area contributed by atoms with Gasteiger partial charge < -0.3 is 30.3 Å². The van der Waals surface area contributed by atoms with Crippen LogP contribution in [0, 0.1) is 0 Å². The molecular weight excluding hydrogens is 492 g/mol. The molecule has 4 aromatic carbocycles. The maximum absolute atomic E-state index is 14.4. The predicted molar refractivity (Wildman–Crippen MR) is 140 cm³/mol. The molecule has 0 radical (unpaired) electrons. The minimum absolute atomic E-state index is 0. The van der Waals surface area contributed by atoms with Crippen molar-refractivity contribution in [2.24, 2.45) is 0 Å². The average Bonchev–Trinajstić information content (AvgIpc) is 3.55. The summed E-state index contributed by atoms with van der Waals surface area (Å²) in [7, 11) is -0.316. The van der Waals surface area contributed by atoms with E-state index in [0.29, 0.717) is 8.58 Å². The summed E-state index contributed by atoms with van der Waals surface area (Å²) in [5, 5.41) is 5.11. The SMILES string of the molecule is CCC(P[c-]1cccc1P(c1ccccc1)c1ccccc1)C(F)CCF.[Fe].[cH-]1[cH-][cH-][cH-][cH-]1. The van der Waals surface area contributed by atoms with Crippen LogP contribution in [0.2, 0.25) is 0 Å². The van der Waals surface area contributed by atoms with Crippen molar-refractivity contribution in [2.75, 3.05) is 6.67 Å². The fourth-order valence-corrected chi connectivity index (χ4v) is 7.83. The van der Waals surface area contributed by atoms with E-state index in [1.807, 2.05) is 49.4 Å². The molecule has 0 aliphatic rings. The summed E-state index contributed by atoms with van der Waals surface area (Å²) in [5.41, 5.74) is -0.106. The van der Waals surface area contributed by atoms with Gasteiger partial charge in [0.05, 0.1) is 6.67 Å². The molecular formula is C28H30F2FeP2-6. The standard InChI is InChI=1S/C23H25F2P2.C5H5.Fe/c1-2-21(20(25)16-17-24)26-22-14-9-15-23(22)27(18-10-5-3-6-11-18)19-12-7-4-8-13-19;1-2-4-5-3-1;/h3-15,20-21,26H,2,16-17H2,1H3;1-5H;/q-1;-5;. The fourth-order valence-electron chi connectivity index (χ4n) is 3.58. The second-order valence-electron chi connectivity index (χ2n) is 7.45. The maximum atomic E-state index is 14.4. The van der Waals surface area contributed by atoms with Crippen molar-refractivity contribution in [3.05, 3.63) is 109 Å². The van der Waals surface area contributed by atoms with Crippen molar-refractivity contribution in [1.82, 2.24) is 0 Å². The smallest absolute Gasteiger partial charge is 0.108 e. The summed E-state index contributed by atoms with van der Waals surface area (Å²) in [5.74, 6) is 0. The van der Waals surface area contributed by atoms with Crippen LogP contribution in [0.25, 0.3) is 0 Å². The first-order valence-corrected chi connectivity index (χ1v) is 13.5. The van der Waals surface area contributed by atoms with Gasteiger partial charge in [-0.15, -0.1) is 19.2 Å². The first-order chi connectivity index (χ1) is 15.7. The van der Waals surface area contributed by atoms with Gasteiger partial charge in [0.25, 0.3) is 0 Å². The molecule has 0 amide bonds. The minimum atomic E-state index is -1.07. The largest absolute Gasteiger partial charge is 0.748 e. The van der Waals surface area contributed by atoms with Crippen LogP contribution in [0.1, 0.15) is 19.8 Å². The molecule has 33 heavy (non-hydrogen) atoms. The van der Waals surface area contributed by atoms with Crippen LogP contribution in [-0.2, 0) is 17.1 Å². The Morgan fingerprint density at radius 2 is 1.36 bits per heavy atom. The maximum Gasteiger partial charge on any atom is 0.108 e. The van der Waals surface area contributed by atoms with Crippen LogP contribution < -0.4 is 21.2 Å². The van der Waals surface area contributed by atoms with Crippen molar-refractivity contribution < 1.29 is 25.8 Å². The molecule has 3 atom stereocenters. The van der Waals surface area contributed by atoms with Crippen LogP contribution in [0.15, 0.2) is 109 Å². The second-order valence-corrected chi connectivity index (χ2v) is 11.2. The zero-order chi connectivity index (χ0) is 22.6.